The maximum absolute atomic E-state index is 12.9. The monoisotopic (exact) mass is 379 g/mol. The van der Waals surface area contributed by atoms with Gasteiger partial charge < -0.3 is 10.1 Å². The highest BCUT2D eigenvalue weighted by atomic mass is 32.1. The van der Waals surface area contributed by atoms with Crippen LogP contribution >= 0.6 is 11.3 Å². The second-order valence-electron chi connectivity index (χ2n) is 6.40. The Hall–Kier alpha value is -2.92. The molecule has 3 aromatic rings. The highest BCUT2D eigenvalue weighted by Crippen LogP contribution is 2.23. The lowest BCUT2D eigenvalue weighted by atomic mass is 10.1. The fourth-order valence-electron chi connectivity index (χ4n) is 2.70. The molecule has 0 aliphatic carbocycles. The molecule has 5 heteroatoms. The van der Waals surface area contributed by atoms with Crippen LogP contribution in [0.3, 0.4) is 0 Å². The molecule has 2 aromatic carbocycles. The normalized spacial score (nSPS) is 11.6. The van der Waals surface area contributed by atoms with E-state index >= 15 is 0 Å². The molecule has 1 heterocycles. The molecule has 1 aromatic heterocycles. The van der Waals surface area contributed by atoms with E-state index in [1.807, 2.05) is 67.1 Å². The van der Waals surface area contributed by atoms with Crippen molar-refractivity contribution in [1.82, 2.24) is 0 Å². The summed E-state index contributed by atoms with van der Waals surface area (Å²) in [5.74, 6) is -0.799. The zero-order chi connectivity index (χ0) is 19.2. The van der Waals surface area contributed by atoms with Gasteiger partial charge in [-0.1, -0.05) is 42.5 Å². The summed E-state index contributed by atoms with van der Waals surface area (Å²) < 4.78 is 5.57. The summed E-state index contributed by atoms with van der Waals surface area (Å²) in [5.41, 5.74) is 4.23. The second-order valence-corrected chi connectivity index (χ2v) is 7.18. The lowest BCUT2D eigenvalue weighted by molar-refractivity contribution is -0.154. The van der Waals surface area contributed by atoms with Gasteiger partial charge in [-0.25, -0.2) is 0 Å². The average molecular weight is 379 g/mol. The van der Waals surface area contributed by atoms with Crippen molar-refractivity contribution < 1.29 is 14.3 Å². The van der Waals surface area contributed by atoms with Gasteiger partial charge in [0.2, 0.25) is 6.10 Å². The number of carbonyl (C=O) groups is 2. The summed E-state index contributed by atoms with van der Waals surface area (Å²) in [6.07, 6.45) is -0.860. The number of aryl methyl sites for hydroxylation is 2. The van der Waals surface area contributed by atoms with Crippen LogP contribution in [0.15, 0.2) is 65.4 Å². The summed E-state index contributed by atoms with van der Waals surface area (Å²) in [6.45, 7) is 3.89. The minimum Gasteiger partial charge on any atom is -0.447 e. The van der Waals surface area contributed by atoms with Gasteiger partial charge in [-0.15, -0.1) is 0 Å². The van der Waals surface area contributed by atoms with E-state index in [4.69, 9.17) is 4.74 Å². The molecule has 0 unspecified atom stereocenters. The summed E-state index contributed by atoms with van der Waals surface area (Å²) in [7, 11) is 0. The number of amides is 1. The summed E-state index contributed by atoms with van der Waals surface area (Å²) in [4.78, 5) is 25.3. The second kappa shape index (κ2) is 8.64. The number of esters is 1. The Morgan fingerprint density at radius 3 is 2.56 bits per heavy atom. The maximum Gasteiger partial charge on any atom is 0.311 e. The van der Waals surface area contributed by atoms with Crippen LogP contribution in [0.4, 0.5) is 5.69 Å². The standard InChI is InChI=1S/C22H21NO3S/c1-15-8-9-16(2)19(12-15)23-22(25)21(18-6-4-3-5-7-18)26-20(24)13-17-10-11-27-14-17/h3-12,14,21H,13H2,1-2H3,(H,23,25)/t21-/m1/s1. The molecular weight excluding hydrogens is 358 g/mol. The molecule has 1 N–H and O–H groups in total. The highest BCUT2D eigenvalue weighted by Gasteiger charge is 2.25. The van der Waals surface area contributed by atoms with Crippen molar-refractivity contribution in [1.29, 1.82) is 0 Å². The number of carbonyl (C=O) groups excluding carboxylic acids is 2. The molecule has 0 spiro atoms. The van der Waals surface area contributed by atoms with E-state index in [1.54, 1.807) is 12.1 Å². The Balaban J connectivity index is 1.80. The van der Waals surface area contributed by atoms with Crippen molar-refractivity contribution >= 4 is 28.9 Å². The summed E-state index contributed by atoms with van der Waals surface area (Å²) >= 11 is 1.52. The predicted octanol–water partition coefficient (Wildman–Crippen LogP) is 4.83. The van der Waals surface area contributed by atoms with Crippen molar-refractivity contribution in [2.75, 3.05) is 5.32 Å². The van der Waals surface area contributed by atoms with Gasteiger partial charge in [-0.05, 0) is 53.4 Å². The number of rotatable bonds is 6. The fourth-order valence-corrected chi connectivity index (χ4v) is 3.37. The minimum atomic E-state index is -1.00. The first-order valence-electron chi connectivity index (χ1n) is 8.66. The van der Waals surface area contributed by atoms with Crippen LogP contribution in [0.2, 0.25) is 0 Å². The number of ether oxygens (including phenoxy) is 1. The Labute approximate surface area is 162 Å². The molecule has 4 nitrogen and oxygen atoms in total. The Kier molecular flexibility index (Phi) is 6.04. The van der Waals surface area contributed by atoms with Crippen LogP contribution in [-0.4, -0.2) is 11.9 Å². The number of benzene rings is 2. The zero-order valence-electron chi connectivity index (χ0n) is 15.3. The first kappa shape index (κ1) is 18.9. The Morgan fingerprint density at radius 1 is 1.07 bits per heavy atom. The quantitative estimate of drug-likeness (QED) is 0.624. The van der Waals surface area contributed by atoms with Crippen LogP contribution in [0.1, 0.15) is 28.4 Å². The molecule has 0 bridgehead atoms. The molecule has 0 aliphatic rings. The molecule has 27 heavy (non-hydrogen) atoms. The molecule has 0 fully saturated rings. The van der Waals surface area contributed by atoms with Gasteiger partial charge in [0.25, 0.3) is 5.91 Å². The van der Waals surface area contributed by atoms with Gasteiger partial charge in [0.1, 0.15) is 0 Å². The van der Waals surface area contributed by atoms with E-state index in [-0.39, 0.29) is 12.3 Å². The topological polar surface area (TPSA) is 55.4 Å². The molecule has 0 saturated heterocycles. The maximum atomic E-state index is 12.9. The molecule has 0 saturated carbocycles. The number of hydrogen-bond donors (Lipinski definition) is 1. The van der Waals surface area contributed by atoms with Crippen molar-refractivity contribution in [3.8, 4) is 0 Å². The SMILES string of the molecule is Cc1ccc(C)c(NC(=O)[C@H](OC(=O)Cc2ccsc2)c2ccccc2)c1. The smallest absolute Gasteiger partial charge is 0.311 e. The number of nitrogens with one attached hydrogen (secondary N) is 1. The van der Waals surface area contributed by atoms with E-state index in [1.165, 1.54) is 11.3 Å². The third kappa shape index (κ3) is 5.05. The summed E-state index contributed by atoms with van der Waals surface area (Å²) in [5, 5.41) is 6.70. The predicted molar refractivity (Wildman–Crippen MR) is 108 cm³/mol. The number of anilines is 1. The van der Waals surface area contributed by atoms with E-state index in [9.17, 15) is 9.59 Å². The molecule has 1 amide bonds. The molecule has 138 valence electrons. The molecule has 3 rings (SSSR count). The molecule has 0 aliphatic heterocycles. The lowest BCUT2D eigenvalue weighted by Crippen LogP contribution is -2.26. The van der Waals surface area contributed by atoms with Gasteiger partial charge in [-0.2, -0.15) is 11.3 Å². The van der Waals surface area contributed by atoms with E-state index in [0.717, 1.165) is 22.4 Å². The Morgan fingerprint density at radius 2 is 1.85 bits per heavy atom. The number of hydrogen-bond acceptors (Lipinski definition) is 4. The largest absolute Gasteiger partial charge is 0.447 e. The third-order valence-corrected chi connectivity index (χ3v) is 4.90. The van der Waals surface area contributed by atoms with Crippen LogP contribution < -0.4 is 5.32 Å². The van der Waals surface area contributed by atoms with Crippen LogP contribution in [0.5, 0.6) is 0 Å². The van der Waals surface area contributed by atoms with Gasteiger partial charge in [-0.3, -0.25) is 9.59 Å². The fraction of sp³-hybridized carbons (Fsp3) is 0.182. The van der Waals surface area contributed by atoms with Crippen LogP contribution in [0.25, 0.3) is 0 Å². The van der Waals surface area contributed by atoms with E-state index in [0.29, 0.717) is 5.56 Å². The zero-order valence-corrected chi connectivity index (χ0v) is 16.1. The van der Waals surface area contributed by atoms with Crippen LogP contribution in [0, 0.1) is 13.8 Å². The van der Waals surface area contributed by atoms with Crippen molar-refractivity contribution in [3.05, 3.63) is 87.6 Å². The molecular formula is C22H21NO3S. The first-order valence-corrected chi connectivity index (χ1v) is 9.61. The van der Waals surface area contributed by atoms with Crippen molar-refractivity contribution in [3.63, 3.8) is 0 Å². The van der Waals surface area contributed by atoms with Crippen molar-refractivity contribution in [2.24, 2.45) is 0 Å². The third-order valence-electron chi connectivity index (χ3n) is 4.17. The highest BCUT2D eigenvalue weighted by molar-refractivity contribution is 7.08. The van der Waals surface area contributed by atoms with Crippen LogP contribution in [-0.2, 0) is 20.7 Å². The summed E-state index contributed by atoms with van der Waals surface area (Å²) in [6, 6.07) is 16.8. The van der Waals surface area contributed by atoms with Gasteiger partial charge >= 0.3 is 5.97 Å². The first-order chi connectivity index (χ1) is 13.0. The van der Waals surface area contributed by atoms with Crippen molar-refractivity contribution in [2.45, 2.75) is 26.4 Å². The molecule has 0 radical (unpaired) electrons. The average Bonchev–Trinajstić information content (AvgIpc) is 3.16. The van der Waals surface area contributed by atoms with Gasteiger partial charge in [0, 0.05) is 11.3 Å². The van der Waals surface area contributed by atoms with Gasteiger partial charge in [0.05, 0.1) is 6.42 Å². The van der Waals surface area contributed by atoms with Gasteiger partial charge in [0.15, 0.2) is 0 Å². The lowest BCUT2D eigenvalue weighted by Gasteiger charge is -2.19. The minimum absolute atomic E-state index is 0.142. The van der Waals surface area contributed by atoms with E-state index in [2.05, 4.69) is 5.32 Å². The number of thiophene rings is 1. The Bertz CT molecular complexity index is 920. The molecule has 1 atom stereocenters. The van der Waals surface area contributed by atoms with E-state index < -0.39 is 12.1 Å².